The number of nitrogens with two attached hydrogens (primary N) is 1. The number of carbonyl (C=O) groups is 1. The SMILES string of the molecule is N#Cc1ccc([C@@H]2C3=C(CCCC3=O)OC(N)=C2[N+](=O)[O-])o1. The Kier molecular flexibility index (Phi) is 3.18. The molecule has 8 nitrogen and oxygen atoms in total. The van der Waals surface area contributed by atoms with Crippen LogP contribution in [-0.4, -0.2) is 10.7 Å². The summed E-state index contributed by atoms with van der Waals surface area (Å²) in [6.07, 6.45) is 1.37. The number of Topliss-reactive ketones (excluding diaryl/α,β-unsaturated/α-hetero) is 1. The van der Waals surface area contributed by atoms with Crippen LogP contribution in [0.1, 0.15) is 36.7 Å². The van der Waals surface area contributed by atoms with E-state index in [9.17, 15) is 14.9 Å². The molecule has 0 bridgehead atoms. The highest BCUT2D eigenvalue weighted by atomic mass is 16.6. The normalized spacial score (nSPS) is 21.2. The molecule has 1 aromatic heterocycles. The van der Waals surface area contributed by atoms with Gasteiger partial charge in [0.1, 0.15) is 23.5 Å². The number of nitrogens with zero attached hydrogens (tertiary/aromatic N) is 2. The van der Waals surface area contributed by atoms with Gasteiger partial charge in [0, 0.05) is 12.8 Å². The lowest BCUT2D eigenvalue weighted by Gasteiger charge is -2.27. The van der Waals surface area contributed by atoms with Gasteiger partial charge in [-0.05, 0) is 18.6 Å². The predicted octanol–water partition coefficient (Wildman–Crippen LogP) is 1.68. The van der Waals surface area contributed by atoms with E-state index in [1.807, 2.05) is 6.07 Å². The lowest BCUT2D eigenvalue weighted by atomic mass is 9.82. The Labute approximate surface area is 124 Å². The van der Waals surface area contributed by atoms with Crippen molar-refractivity contribution in [3.63, 3.8) is 0 Å². The molecule has 1 aromatic rings. The van der Waals surface area contributed by atoms with Crippen LogP contribution in [0, 0.1) is 21.4 Å². The van der Waals surface area contributed by atoms with E-state index in [-0.39, 0.29) is 35.2 Å². The Morgan fingerprint density at radius 3 is 2.82 bits per heavy atom. The molecular formula is C14H11N3O5. The molecule has 0 unspecified atom stereocenters. The number of nitro groups is 1. The van der Waals surface area contributed by atoms with Gasteiger partial charge in [-0.25, -0.2) is 0 Å². The largest absolute Gasteiger partial charge is 0.449 e. The molecule has 0 saturated heterocycles. The second-order valence-electron chi connectivity index (χ2n) is 4.97. The van der Waals surface area contributed by atoms with Gasteiger partial charge in [-0.2, -0.15) is 5.26 Å². The lowest BCUT2D eigenvalue weighted by molar-refractivity contribution is -0.433. The van der Waals surface area contributed by atoms with Crippen LogP contribution in [-0.2, 0) is 9.53 Å². The molecule has 0 amide bonds. The molecule has 0 aromatic carbocycles. The molecule has 8 heteroatoms. The van der Waals surface area contributed by atoms with Gasteiger partial charge >= 0.3 is 5.70 Å². The van der Waals surface area contributed by atoms with Crippen molar-refractivity contribution in [3.05, 3.63) is 56.7 Å². The number of nitriles is 1. The standard InChI is InChI=1S/C14H11N3O5/c15-6-7-4-5-10(21-7)12-11-8(18)2-1-3-9(11)22-14(16)13(12)17(19)20/h4-5,12H,1-3,16H2/t12-/m1/s1. The Morgan fingerprint density at radius 2 is 2.18 bits per heavy atom. The zero-order valence-electron chi connectivity index (χ0n) is 11.4. The fraction of sp³-hybridized carbons (Fsp3) is 0.286. The quantitative estimate of drug-likeness (QED) is 0.648. The molecule has 22 heavy (non-hydrogen) atoms. The second-order valence-corrected chi connectivity index (χ2v) is 4.97. The van der Waals surface area contributed by atoms with Crippen molar-refractivity contribution in [2.45, 2.75) is 25.2 Å². The maximum atomic E-state index is 12.2. The molecule has 2 aliphatic rings. The zero-order valence-corrected chi connectivity index (χ0v) is 11.4. The van der Waals surface area contributed by atoms with Crippen LogP contribution < -0.4 is 5.73 Å². The average molecular weight is 301 g/mol. The van der Waals surface area contributed by atoms with Crippen molar-refractivity contribution in [2.75, 3.05) is 0 Å². The molecule has 0 fully saturated rings. The van der Waals surface area contributed by atoms with E-state index in [4.69, 9.17) is 20.1 Å². The summed E-state index contributed by atoms with van der Waals surface area (Å²) in [5, 5.41) is 20.2. The molecule has 0 radical (unpaired) electrons. The lowest BCUT2D eigenvalue weighted by Crippen LogP contribution is -2.30. The molecule has 2 heterocycles. The smallest absolute Gasteiger partial charge is 0.320 e. The summed E-state index contributed by atoms with van der Waals surface area (Å²) in [4.78, 5) is 22.9. The minimum atomic E-state index is -1.05. The summed E-state index contributed by atoms with van der Waals surface area (Å²) >= 11 is 0. The van der Waals surface area contributed by atoms with Crippen LogP contribution >= 0.6 is 0 Å². The Balaban J connectivity index is 2.19. The fourth-order valence-corrected chi connectivity index (χ4v) is 2.77. The van der Waals surface area contributed by atoms with E-state index >= 15 is 0 Å². The number of rotatable bonds is 2. The fourth-order valence-electron chi connectivity index (χ4n) is 2.77. The Hall–Kier alpha value is -3.08. The van der Waals surface area contributed by atoms with Crippen LogP contribution in [0.5, 0.6) is 0 Å². The number of hydrogen-bond acceptors (Lipinski definition) is 7. The van der Waals surface area contributed by atoms with Crippen molar-refractivity contribution >= 4 is 5.78 Å². The van der Waals surface area contributed by atoms with Gasteiger partial charge in [-0.1, -0.05) is 0 Å². The first kappa shape index (κ1) is 13.9. The van der Waals surface area contributed by atoms with Crippen LogP contribution in [0.3, 0.4) is 0 Å². The highest BCUT2D eigenvalue weighted by molar-refractivity contribution is 5.98. The first-order chi connectivity index (χ1) is 10.5. The molecule has 0 saturated carbocycles. The van der Waals surface area contributed by atoms with Crippen LogP contribution in [0.2, 0.25) is 0 Å². The third kappa shape index (κ3) is 2.03. The van der Waals surface area contributed by atoms with E-state index in [0.29, 0.717) is 18.6 Å². The number of allylic oxidation sites excluding steroid dienone is 2. The van der Waals surface area contributed by atoms with Crippen LogP contribution in [0.15, 0.2) is 39.5 Å². The maximum Gasteiger partial charge on any atom is 0.320 e. The average Bonchev–Trinajstić information content (AvgIpc) is 2.94. The van der Waals surface area contributed by atoms with Gasteiger partial charge in [-0.3, -0.25) is 14.9 Å². The molecular weight excluding hydrogens is 290 g/mol. The Morgan fingerprint density at radius 1 is 1.41 bits per heavy atom. The monoisotopic (exact) mass is 301 g/mol. The molecule has 0 spiro atoms. The van der Waals surface area contributed by atoms with Crippen LogP contribution in [0.25, 0.3) is 0 Å². The number of ketones is 1. The molecule has 112 valence electrons. The molecule has 2 N–H and O–H groups in total. The molecule has 3 rings (SSSR count). The van der Waals surface area contributed by atoms with Gasteiger partial charge < -0.3 is 14.9 Å². The van der Waals surface area contributed by atoms with Crippen molar-refractivity contribution in [1.29, 1.82) is 5.26 Å². The summed E-state index contributed by atoms with van der Waals surface area (Å²) in [5.41, 5.74) is 5.43. The van der Waals surface area contributed by atoms with Gasteiger partial charge in [0.05, 0.1) is 10.5 Å². The van der Waals surface area contributed by atoms with Gasteiger partial charge in [0.2, 0.25) is 5.76 Å². The third-order valence-electron chi connectivity index (χ3n) is 3.67. The first-order valence-electron chi connectivity index (χ1n) is 6.61. The van der Waals surface area contributed by atoms with Crippen molar-refractivity contribution in [2.24, 2.45) is 5.73 Å². The summed E-state index contributed by atoms with van der Waals surface area (Å²) in [7, 11) is 0. The highest BCUT2D eigenvalue weighted by Crippen LogP contribution is 2.43. The van der Waals surface area contributed by atoms with E-state index in [0.717, 1.165) is 0 Å². The number of carbonyl (C=O) groups excluding carboxylic acids is 1. The number of ether oxygens (including phenoxy) is 1. The van der Waals surface area contributed by atoms with Gasteiger partial charge in [0.15, 0.2) is 5.78 Å². The Bertz CT molecular complexity index is 781. The third-order valence-corrected chi connectivity index (χ3v) is 3.67. The summed E-state index contributed by atoms with van der Waals surface area (Å²) in [6, 6.07) is 4.65. The van der Waals surface area contributed by atoms with E-state index in [2.05, 4.69) is 0 Å². The highest BCUT2D eigenvalue weighted by Gasteiger charge is 2.45. The maximum absolute atomic E-state index is 12.2. The van der Waals surface area contributed by atoms with Gasteiger partial charge in [-0.15, -0.1) is 0 Å². The van der Waals surface area contributed by atoms with Crippen molar-refractivity contribution in [1.82, 2.24) is 0 Å². The number of furan rings is 1. The first-order valence-corrected chi connectivity index (χ1v) is 6.61. The van der Waals surface area contributed by atoms with Gasteiger partial charge in [0.25, 0.3) is 5.88 Å². The summed E-state index contributed by atoms with van der Waals surface area (Å²) in [5.74, 6) is -1.13. The zero-order chi connectivity index (χ0) is 15.9. The van der Waals surface area contributed by atoms with Crippen LogP contribution in [0.4, 0.5) is 0 Å². The van der Waals surface area contributed by atoms with E-state index < -0.39 is 16.5 Å². The summed E-state index contributed by atoms with van der Waals surface area (Å²) < 4.78 is 10.6. The minimum Gasteiger partial charge on any atom is -0.449 e. The van der Waals surface area contributed by atoms with Crippen molar-refractivity contribution < 1.29 is 18.9 Å². The van der Waals surface area contributed by atoms with Crippen molar-refractivity contribution in [3.8, 4) is 6.07 Å². The minimum absolute atomic E-state index is 0.00756. The predicted molar refractivity (Wildman–Crippen MR) is 71.3 cm³/mol. The molecule has 1 aliphatic carbocycles. The number of hydrogen-bond donors (Lipinski definition) is 1. The topological polar surface area (TPSA) is 132 Å². The molecule has 1 aliphatic heterocycles. The summed E-state index contributed by atoms with van der Waals surface area (Å²) in [6.45, 7) is 0. The van der Waals surface area contributed by atoms with E-state index in [1.54, 1.807) is 0 Å². The molecule has 1 atom stereocenters. The van der Waals surface area contributed by atoms with E-state index in [1.165, 1.54) is 12.1 Å². The second kappa shape index (κ2) is 5.04.